The molecule has 0 aliphatic carbocycles. The highest BCUT2D eigenvalue weighted by atomic mass is 79.9. The molecule has 0 amide bonds. The minimum atomic E-state index is -4.30. The molecular weight excluding hydrogens is 321 g/mol. The van der Waals surface area contributed by atoms with E-state index in [9.17, 15) is 13.2 Å². The van der Waals surface area contributed by atoms with Gasteiger partial charge in [0.15, 0.2) is 0 Å². The standard InChI is InChI=1S/C13H16BrF3N2/c1-19-6-2-3-10(8-19)18-12-5-4-9(7-11(12)14)13(15,16)17/h4-5,7,10,18H,2-3,6,8H2,1H3. The zero-order valence-electron chi connectivity index (χ0n) is 10.6. The molecule has 2 nitrogen and oxygen atoms in total. The van der Waals surface area contributed by atoms with E-state index in [1.807, 2.05) is 0 Å². The monoisotopic (exact) mass is 336 g/mol. The van der Waals surface area contributed by atoms with Crippen LogP contribution in [-0.4, -0.2) is 31.1 Å². The molecule has 19 heavy (non-hydrogen) atoms. The average molecular weight is 337 g/mol. The first kappa shape index (κ1) is 14.7. The van der Waals surface area contributed by atoms with Crippen molar-refractivity contribution in [2.75, 3.05) is 25.5 Å². The smallest absolute Gasteiger partial charge is 0.380 e. The van der Waals surface area contributed by atoms with Crippen LogP contribution in [0.4, 0.5) is 18.9 Å². The van der Waals surface area contributed by atoms with E-state index in [0.29, 0.717) is 10.2 Å². The molecule has 106 valence electrons. The molecule has 0 aromatic heterocycles. The quantitative estimate of drug-likeness (QED) is 0.878. The van der Waals surface area contributed by atoms with Gasteiger partial charge in [-0.25, -0.2) is 0 Å². The van der Waals surface area contributed by atoms with Crippen LogP contribution in [0, 0.1) is 0 Å². The van der Waals surface area contributed by atoms with Gasteiger partial charge >= 0.3 is 6.18 Å². The summed E-state index contributed by atoms with van der Waals surface area (Å²) in [5, 5.41) is 3.30. The van der Waals surface area contributed by atoms with Crippen LogP contribution in [0.15, 0.2) is 22.7 Å². The van der Waals surface area contributed by atoms with Gasteiger partial charge in [0.1, 0.15) is 0 Å². The third-order valence-corrected chi connectivity index (χ3v) is 3.94. The Balaban J connectivity index is 2.09. The summed E-state index contributed by atoms with van der Waals surface area (Å²) in [7, 11) is 2.05. The van der Waals surface area contributed by atoms with Crippen molar-refractivity contribution in [3.63, 3.8) is 0 Å². The molecule has 1 aliphatic rings. The molecule has 1 unspecified atom stereocenters. The maximum Gasteiger partial charge on any atom is 0.416 e. The second kappa shape index (κ2) is 5.71. The fourth-order valence-electron chi connectivity index (χ4n) is 2.31. The van der Waals surface area contributed by atoms with E-state index in [-0.39, 0.29) is 6.04 Å². The third-order valence-electron chi connectivity index (χ3n) is 3.28. The molecule has 0 saturated carbocycles. The molecule has 0 spiro atoms. The Morgan fingerprint density at radius 3 is 2.68 bits per heavy atom. The van der Waals surface area contributed by atoms with E-state index in [2.05, 4.69) is 33.2 Å². The molecule has 1 aromatic rings. The van der Waals surface area contributed by atoms with Crippen molar-refractivity contribution >= 4 is 21.6 Å². The molecule has 1 saturated heterocycles. The first-order valence-corrected chi connectivity index (χ1v) is 6.97. The van der Waals surface area contributed by atoms with Gasteiger partial charge < -0.3 is 10.2 Å². The predicted molar refractivity (Wildman–Crippen MR) is 73.3 cm³/mol. The maximum absolute atomic E-state index is 12.6. The SMILES string of the molecule is CN1CCCC(Nc2ccc(C(F)(F)F)cc2Br)C1. The number of hydrogen-bond acceptors (Lipinski definition) is 2. The van der Waals surface area contributed by atoms with E-state index < -0.39 is 11.7 Å². The van der Waals surface area contributed by atoms with Crippen molar-refractivity contribution in [3.8, 4) is 0 Å². The fourth-order valence-corrected chi connectivity index (χ4v) is 2.81. The summed E-state index contributed by atoms with van der Waals surface area (Å²) in [6, 6.07) is 4.00. The second-order valence-electron chi connectivity index (χ2n) is 4.94. The van der Waals surface area contributed by atoms with E-state index in [1.54, 1.807) is 0 Å². The van der Waals surface area contributed by atoms with E-state index >= 15 is 0 Å². The van der Waals surface area contributed by atoms with Crippen molar-refractivity contribution in [2.24, 2.45) is 0 Å². The van der Waals surface area contributed by atoms with Crippen LogP contribution in [0.3, 0.4) is 0 Å². The lowest BCUT2D eigenvalue weighted by atomic mass is 10.1. The number of likely N-dealkylation sites (tertiary alicyclic amines) is 1. The van der Waals surface area contributed by atoms with Gasteiger partial charge in [-0.1, -0.05) is 0 Å². The number of hydrogen-bond donors (Lipinski definition) is 1. The average Bonchev–Trinajstić information content (AvgIpc) is 2.30. The van der Waals surface area contributed by atoms with Crippen LogP contribution in [0.2, 0.25) is 0 Å². The lowest BCUT2D eigenvalue weighted by molar-refractivity contribution is -0.137. The number of benzene rings is 1. The number of anilines is 1. The topological polar surface area (TPSA) is 15.3 Å². The molecule has 1 aliphatic heterocycles. The number of halogens is 4. The van der Waals surface area contributed by atoms with Crippen molar-refractivity contribution in [2.45, 2.75) is 25.1 Å². The highest BCUT2D eigenvalue weighted by Crippen LogP contribution is 2.34. The highest BCUT2D eigenvalue weighted by Gasteiger charge is 2.31. The molecule has 1 atom stereocenters. The lowest BCUT2D eigenvalue weighted by Crippen LogP contribution is -2.39. The normalized spacial score (nSPS) is 21.4. The van der Waals surface area contributed by atoms with Gasteiger partial charge in [0, 0.05) is 22.7 Å². The third kappa shape index (κ3) is 3.86. The van der Waals surface area contributed by atoms with Crippen molar-refractivity contribution in [1.29, 1.82) is 0 Å². The molecule has 1 fully saturated rings. The van der Waals surface area contributed by atoms with E-state index in [4.69, 9.17) is 0 Å². The highest BCUT2D eigenvalue weighted by molar-refractivity contribution is 9.10. The molecule has 1 heterocycles. The second-order valence-corrected chi connectivity index (χ2v) is 5.79. The van der Waals surface area contributed by atoms with Crippen LogP contribution >= 0.6 is 15.9 Å². The van der Waals surface area contributed by atoms with Crippen LogP contribution in [0.5, 0.6) is 0 Å². The van der Waals surface area contributed by atoms with Crippen LogP contribution < -0.4 is 5.32 Å². The molecule has 0 bridgehead atoms. The van der Waals surface area contributed by atoms with Gasteiger partial charge in [0.25, 0.3) is 0 Å². The van der Waals surface area contributed by atoms with Gasteiger partial charge in [-0.3, -0.25) is 0 Å². The Labute approximate surface area is 119 Å². The van der Waals surface area contributed by atoms with Crippen LogP contribution in [0.25, 0.3) is 0 Å². The summed E-state index contributed by atoms with van der Waals surface area (Å²) in [5.74, 6) is 0. The van der Waals surface area contributed by atoms with Gasteiger partial charge in [0.2, 0.25) is 0 Å². The Morgan fingerprint density at radius 1 is 1.37 bits per heavy atom. The molecule has 1 aromatic carbocycles. The first-order chi connectivity index (χ1) is 8.86. The summed E-state index contributed by atoms with van der Waals surface area (Å²) < 4.78 is 38.1. The van der Waals surface area contributed by atoms with Gasteiger partial charge in [-0.15, -0.1) is 0 Å². The van der Waals surface area contributed by atoms with Gasteiger partial charge in [-0.2, -0.15) is 13.2 Å². The number of piperidine rings is 1. The van der Waals surface area contributed by atoms with Crippen LogP contribution in [-0.2, 0) is 6.18 Å². The van der Waals surface area contributed by atoms with Crippen molar-refractivity contribution in [3.05, 3.63) is 28.2 Å². The molecule has 6 heteroatoms. The summed E-state index contributed by atoms with van der Waals surface area (Å²) in [6.45, 7) is 1.99. The summed E-state index contributed by atoms with van der Waals surface area (Å²) in [5.41, 5.74) is 0.0824. The van der Waals surface area contributed by atoms with Crippen LogP contribution in [0.1, 0.15) is 18.4 Å². The van der Waals surface area contributed by atoms with E-state index in [0.717, 1.165) is 38.1 Å². The summed E-state index contributed by atoms with van der Waals surface area (Å²) in [4.78, 5) is 2.22. The summed E-state index contributed by atoms with van der Waals surface area (Å²) >= 11 is 3.21. The van der Waals surface area contributed by atoms with Gasteiger partial charge in [0.05, 0.1) is 5.56 Å². The Morgan fingerprint density at radius 2 is 2.11 bits per heavy atom. The fraction of sp³-hybridized carbons (Fsp3) is 0.538. The number of alkyl halides is 3. The molecule has 2 rings (SSSR count). The minimum Gasteiger partial charge on any atom is -0.380 e. The number of likely N-dealkylation sites (N-methyl/N-ethyl adjacent to an activating group) is 1. The Kier molecular flexibility index (Phi) is 4.40. The van der Waals surface area contributed by atoms with Gasteiger partial charge in [-0.05, 0) is 60.6 Å². The number of nitrogens with one attached hydrogen (secondary N) is 1. The number of nitrogens with zero attached hydrogens (tertiary/aromatic N) is 1. The zero-order valence-corrected chi connectivity index (χ0v) is 12.2. The largest absolute Gasteiger partial charge is 0.416 e. The molecule has 1 N–H and O–H groups in total. The number of rotatable bonds is 2. The van der Waals surface area contributed by atoms with Crippen molar-refractivity contribution in [1.82, 2.24) is 4.90 Å². The Bertz CT molecular complexity index is 448. The van der Waals surface area contributed by atoms with Crippen molar-refractivity contribution < 1.29 is 13.2 Å². The minimum absolute atomic E-state index is 0.284. The zero-order chi connectivity index (χ0) is 14.0. The van der Waals surface area contributed by atoms with E-state index in [1.165, 1.54) is 6.07 Å². The maximum atomic E-state index is 12.6. The lowest BCUT2D eigenvalue weighted by Gasteiger charge is -2.31. The predicted octanol–water partition coefficient (Wildman–Crippen LogP) is 3.97. The molecule has 0 radical (unpaired) electrons. The molecular formula is C13H16BrF3N2. The Hall–Kier alpha value is -0.750. The summed E-state index contributed by atoms with van der Waals surface area (Å²) in [6.07, 6.45) is -2.16. The first-order valence-electron chi connectivity index (χ1n) is 6.18.